The molecular formula is C34H34F4N2O5. The number of halogens is 4. The maximum absolute atomic E-state index is 15.0. The number of nitrogens with zero attached hydrogens (tertiary/aromatic N) is 2. The molecule has 2 atom stereocenters. The van der Waals surface area contributed by atoms with Crippen molar-refractivity contribution in [1.82, 2.24) is 9.88 Å². The van der Waals surface area contributed by atoms with Gasteiger partial charge in [0.15, 0.2) is 0 Å². The first kappa shape index (κ1) is 32.0. The number of alkyl halides is 3. The van der Waals surface area contributed by atoms with Gasteiger partial charge in [-0.3, -0.25) is 4.90 Å². The predicted molar refractivity (Wildman–Crippen MR) is 159 cm³/mol. The summed E-state index contributed by atoms with van der Waals surface area (Å²) in [5.74, 6) is -1.53. The van der Waals surface area contributed by atoms with E-state index in [9.17, 15) is 27.9 Å². The van der Waals surface area contributed by atoms with E-state index >= 15 is 4.39 Å². The molecule has 2 aliphatic rings. The second-order valence-corrected chi connectivity index (χ2v) is 12.5. The maximum atomic E-state index is 15.0. The van der Waals surface area contributed by atoms with Crippen molar-refractivity contribution in [1.29, 1.82) is 0 Å². The van der Waals surface area contributed by atoms with Crippen LogP contribution in [0.25, 0.3) is 16.8 Å². The van der Waals surface area contributed by atoms with E-state index in [-0.39, 0.29) is 34.3 Å². The Balaban J connectivity index is 1.54. The Kier molecular flexibility index (Phi) is 8.41. The van der Waals surface area contributed by atoms with Crippen molar-refractivity contribution in [3.8, 4) is 17.0 Å². The van der Waals surface area contributed by atoms with Crippen LogP contribution >= 0.6 is 0 Å². The highest BCUT2D eigenvalue weighted by Crippen LogP contribution is 2.46. The number of carbonyl (C=O) groups is 2. The second kappa shape index (κ2) is 11.8. The Morgan fingerprint density at radius 2 is 1.89 bits per heavy atom. The minimum Gasteiger partial charge on any atom is -0.494 e. The van der Waals surface area contributed by atoms with Gasteiger partial charge in [0, 0.05) is 12.1 Å². The molecule has 2 heterocycles. The zero-order valence-electron chi connectivity index (χ0n) is 25.6. The van der Waals surface area contributed by atoms with E-state index in [1.165, 1.54) is 24.1 Å². The van der Waals surface area contributed by atoms with Gasteiger partial charge < -0.3 is 14.6 Å². The van der Waals surface area contributed by atoms with Gasteiger partial charge in [-0.25, -0.2) is 19.0 Å². The third-order valence-corrected chi connectivity index (χ3v) is 8.54. The lowest BCUT2D eigenvalue weighted by molar-refractivity contribution is -0.137. The molecule has 3 aromatic rings. The fourth-order valence-corrected chi connectivity index (χ4v) is 6.19. The van der Waals surface area contributed by atoms with E-state index < -0.39 is 41.8 Å². The molecule has 1 N–H and O–H groups in total. The van der Waals surface area contributed by atoms with Gasteiger partial charge in [-0.05, 0) is 97.7 Å². The fraction of sp³-hybridized carbons (Fsp3) is 0.382. The molecule has 1 saturated heterocycles. The van der Waals surface area contributed by atoms with Crippen LogP contribution < -0.4 is 4.74 Å². The number of aromatic nitrogens is 1. The predicted octanol–water partition coefficient (Wildman–Crippen LogP) is 8.47. The summed E-state index contributed by atoms with van der Waals surface area (Å²) in [5, 5.41) is 9.23. The number of hydrogen-bond donors (Lipinski definition) is 1. The normalized spacial score (nSPS) is 19.9. The monoisotopic (exact) mass is 626 g/mol. The number of carbonyl (C=O) groups excluding carboxylic acids is 1. The lowest BCUT2D eigenvalue weighted by atomic mass is 9.73. The molecular weight excluding hydrogens is 592 g/mol. The molecule has 2 aromatic carbocycles. The van der Waals surface area contributed by atoms with Crippen LogP contribution in [0.4, 0.5) is 22.4 Å². The third-order valence-electron chi connectivity index (χ3n) is 8.54. The molecule has 5 rings (SSSR count). The molecule has 11 heteroatoms. The summed E-state index contributed by atoms with van der Waals surface area (Å²) in [7, 11) is 1.50. The highest BCUT2D eigenvalue weighted by atomic mass is 19.4. The number of aryl methyl sites for hydroxylation is 1. The summed E-state index contributed by atoms with van der Waals surface area (Å²) in [4.78, 5) is 30.8. The standard InChI is InChI=1S/C34H34F4N2O5/c1-18-12-21(14-23(13-18)34(36,37)38)30-19(2)40(32(43)45-30)17-22-16-33(3,4)11-10-24(22)29-28(44-5)9-8-27(39-29)25-7-6-20(31(41)42)15-26(25)35/h6-9,12-15,19,30H,10-11,16-17H2,1-5H3,(H,41,42)/t19-,30-/m0/s1. The first-order chi connectivity index (χ1) is 21.1. The van der Waals surface area contributed by atoms with E-state index in [4.69, 9.17) is 14.5 Å². The Morgan fingerprint density at radius 3 is 2.53 bits per heavy atom. The number of aromatic carboxylic acids is 1. The molecule has 45 heavy (non-hydrogen) atoms. The molecule has 0 saturated carbocycles. The number of cyclic esters (lactones) is 1. The van der Waals surface area contributed by atoms with E-state index in [0.717, 1.165) is 35.8 Å². The van der Waals surface area contributed by atoms with Gasteiger partial charge in [-0.15, -0.1) is 0 Å². The van der Waals surface area contributed by atoms with E-state index in [1.54, 1.807) is 32.0 Å². The van der Waals surface area contributed by atoms with Crippen LogP contribution in [-0.2, 0) is 10.9 Å². The fourth-order valence-electron chi connectivity index (χ4n) is 6.19. The Hall–Kier alpha value is -4.41. The van der Waals surface area contributed by atoms with Gasteiger partial charge >= 0.3 is 18.2 Å². The smallest absolute Gasteiger partial charge is 0.416 e. The summed E-state index contributed by atoms with van der Waals surface area (Å²) >= 11 is 0. The Morgan fingerprint density at radius 1 is 1.16 bits per heavy atom. The van der Waals surface area contributed by atoms with Crippen LogP contribution in [0.15, 0.2) is 54.1 Å². The van der Waals surface area contributed by atoms with Crippen molar-refractivity contribution in [2.24, 2.45) is 5.41 Å². The molecule has 0 radical (unpaired) electrons. The van der Waals surface area contributed by atoms with Crippen LogP contribution in [0, 0.1) is 18.2 Å². The van der Waals surface area contributed by atoms with Crippen LogP contribution in [0.1, 0.15) is 78.9 Å². The molecule has 1 aromatic heterocycles. The van der Waals surface area contributed by atoms with Gasteiger partial charge in [0.05, 0.1) is 30.0 Å². The lowest BCUT2D eigenvalue weighted by Crippen LogP contribution is -2.35. The summed E-state index contributed by atoms with van der Waals surface area (Å²) in [6, 6.07) is 10.0. The maximum Gasteiger partial charge on any atom is 0.416 e. The van der Waals surface area contributed by atoms with E-state index in [1.807, 2.05) is 0 Å². The summed E-state index contributed by atoms with van der Waals surface area (Å²) in [6.45, 7) is 7.71. The van der Waals surface area contributed by atoms with Crippen LogP contribution in [0.3, 0.4) is 0 Å². The summed E-state index contributed by atoms with van der Waals surface area (Å²) in [6.07, 6.45) is -4.08. The summed E-state index contributed by atoms with van der Waals surface area (Å²) in [5.41, 5.74) is 2.18. The molecule has 0 bridgehead atoms. The van der Waals surface area contributed by atoms with E-state index in [2.05, 4.69) is 13.8 Å². The number of hydrogen-bond acceptors (Lipinski definition) is 5. The van der Waals surface area contributed by atoms with Gasteiger partial charge in [0.2, 0.25) is 0 Å². The topological polar surface area (TPSA) is 89.0 Å². The molecule has 0 unspecified atom stereocenters. The number of benzene rings is 2. The first-order valence-electron chi connectivity index (χ1n) is 14.5. The number of ether oxygens (including phenoxy) is 2. The van der Waals surface area contributed by atoms with Gasteiger partial charge in [0.1, 0.15) is 23.4 Å². The van der Waals surface area contributed by atoms with Crippen molar-refractivity contribution in [2.75, 3.05) is 13.7 Å². The number of allylic oxidation sites excluding steroid dienone is 1. The van der Waals surface area contributed by atoms with Crippen LogP contribution in [0.2, 0.25) is 0 Å². The van der Waals surface area contributed by atoms with E-state index in [0.29, 0.717) is 29.8 Å². The number of pyridine rings is 1. The number of amides is 1. The zero-order valence-corrected chi connectivity index (χ0v) is 25.6. The molecule has 238 valence electrons. The highest BCUT2D eigenvalue weighted by Gasteiger charge is 2.42. The average Bonchev–Trinajstić information content (AvgIpc) is 3.24. The molecule has 1 aliphatic heterocycles. The molecule has 0 spiro atoms. The number of carboxylic acid groups (broad SMARTS) is 1. The molecule has 1 aliphatic carbocycles. The second-order valence-electron chi connectivity index (χ2n) is 12.5. The molecule has 7 nitrogen and oxygen atoms in total. The molecule has 1 fully saturated rings. The SMILES string of the molecule is COc1ccc(-c2ccc(C(=O)O)cc2F)nc1C1=C(CN2C(=O)O[C@H](c3cc(C)cc(C(F)(F)F)c3)[C@@H]2C)CC(C)(C)CC1. The van der Waals surface area contributed by atoms with Gasteiger partial charge in [-0.1, -0.05) is 25.5 Å². The largest absolute Gasteiger partial charge is 0.494 e. The van der Waals surface area contributed by atoms with Crippen LogP contribution in [-0.4, -0.2) is 46.7 Å². The number of rotatable bonds is 7. The minimum atomic E-state index is -4.54. The van der Waals surface area contributed by atoms with Crippen LogP contribution in [0.5, 0.6) is 5.75 Å². The van der Waals surface area contributed by atoms with Crippen molar-refractivity contribution < 1.29 is 41.7 Å². The molecule has 1 amide bonds. The minimum absolute atomic E-state index is 0.118. The van der Waals surface area contributed by atoms with Crippen molar-refractivity contribution >= 4 is 17.6 Å². The van der Waals surface area contributed by atoms with Crippen molar-refractivity contribution in [3.05, 3.63) is 87.9 Å². The zero-order chi connectivity index (χ0) is 32.8. The number of methoxy groups -OCH3 is 1. The van der Waals surface area contributed by atoms with Gasteiger partial charge in [0.25, 0.3) is 0 Å². The average molecular weight is 627 g/mol. The Labute approximate surface area is 258 Å². The lowest BCUT2D eigenvalue weighted by Gasteiger charge is -2.35. The summed E-state index contributed by atoms with van der Waals surface area (Å²) < 4.78 is 67.0. The van der Waals surface area contributed by atoms with Crippen molar-refractivity contribution in [3.63, 3.8) is 0 Å². The van der Waals surface area contributed by atoms with Gasteiger partial charge in [-0.2, -0.15) is 13.2 Å². The highest BCUT2D eigenvalue weighted by molar-refractivity contribution is 5.88. The third kappa shape index (κ3) is 6.53. The van der Waals surface area contributed by atoms with Crippen molar-refractivity contribution in [2.45, 2.75) is 65.3 Å². The first-order valence-corrected chi connectivity index (χ1v) is 14.5. The number of carboxylic acids is 1. The quantitative estimate of drug-likeness (QED) is 0.265. The Bertz CT molecular complexity index is 1700.